The number of nitrogens with two attached hydrogens (primary N) is 1. The molecule has 2 aliphatic carbocycles. The minimum Gasteiger partial charge on any atom is -0.448 e. The molecule has 3 nitrogen and oxygen atoms in total. The maximum absolute atomic E-state index is 6.56. The molecular weight excluding hydrogens is 306 g/mol. The van der Waals surface area contributed by atoms with E-state index in [1.54, 1.807) is 0 Å². The Bertz CT molecular complexity index is 533. The predicted octanol–water partition coefficient (Wildman–Crippen LogP) is 3.83. The van der Waals surface area contributed by atoms with Gasteiger partial charge in [0.05, 0.1) is 0 Å². The maximum Gasteiger partial charge on any atom is 0.251 e. The lowest BCUT2D eigenvalue weighted by molar-refractivity contribution is -0.138. The van der Waals surface area contributed by atoms with E-state index in [0.717, 1.165) is 41.7 Å². The number of halogens is 1. The summed E-state index contributed by atoms with van der Waals surface area (Å²) in [5.74, 6) is 1.37. The first-order valence-electron chi connectivity index (χ1n) is 7.11. The predicted molar refractivity (Wildman–Crippen MR) is 76.3 cm³/mol. The number of hydrogen-bond donors (Lipinski definition) is 1. The number of benzene rings is 1. The van der Waals surface area contributed by atoms with Gasteiger partial charge in [0.25, 0.3) is 5.79 Å². The lowest BCUT2D eigenvalue weighted by Crippen LogP contribution is -2.45. The molecule has 0 unspecified atom stereocenters. The quantitative estimate of drug-likeness (QED) is 0.854. The third-order valence-corrected chi connectivity index (χ3v) is 5.43. The molecule has 0 amide bonds. The second-order valence-corrected chi connectivity index (χ2v) is 6.96. The molecule has 19 heavy (non-hydrogen) atoms. The molecule has 1 aliphatic heterocycles. The van der Waals surface area contributed by atoms with Crippen molar-refractivity contribution < 1.29 is 9.47 Å². The molecule has 0 radical (unpaired) electrons. The molecule has 1 aromatic carbocycles. The Balaban J connectivity index is 1.73. The van der Waals surface area contributed by atoms with Crippen molar-refractivity contribution in [3.05, 3.63) is 22.2 Å². The largest absolute Gasteiger partial charge is 0.448 e. The standard InChI is InChI=1S/C15H18BrNO2/c16-11-9-13-12(18-15(19-13)6-3-7-15)8-10(11)14(17)4-1-2-5-14/h8-9H,1-7,17H2. The minimum absolute atomic E-state index is 0.202. The zero-order valence-electron chi connectivity index (χ0n) is 10.9. The summed E-state index contributed by atoms with van der Waals surface area (Å²) in [4.78, 5) is 0. The Kier molecular flexibility index (Phi) is 2.46. The van der Waals surface area contributed by atoms with Crippen LogP contribution in [-0.4, -0.2) is 5.79 Å². The first-order chi connectivity index (χ1) is 9.10. The molecular formula is C15H18BrNO2. The number of fused-ring (bicyclic) bond motifs is 1. The van der Waals surface area contributed by atoms with Crippen LogP contribution in [0.5, 0.6) is 11.5 Å². The van der Waals surface area contributed by atoms with Crippen LogP contribution in [0.4, 0.5) is 0 Å². The van der Waals surface area contributed by atoms with Crippen molar-refractivity contribution in [2.45, 2.75) is 56.3 Å². The van der Waals surface area contributed by atoms with Gasteiger partial charge in [0, 0.05) is 22.9 Å². The molecule has 0 saturated heterocycles. The van der Waals surface area contributed by atoms with Gasteiger partial charge in [-0.15, -0.1) is 0 Å². The van der Waals surface area contributed by atoms with Crippen LogP contribution < -0.4 is 15.2 Å². The van der Waals surface area contributed by atoms with Crippen LogP contribution in [0, 0.1) is 0 Å². The molecule has 4 heteroatoms. The van der Waals surface area contributed by atoms with E-state index in [2.05, 4.69) is 22.0 Å². The highest BCUT2D eigenvalue weighted by molar-refractivity contribution is 9.10. The summed E-state index contributed by atoms with van der Waals surface area (Å²) in [7, 11) is 0. The van der Waals surface area contributed by atoms with Gasteiger partial charge in [-0.2, -0.15) is 0 Å². The molecule has 3 aliphatic rings. The summed E-state index contributed by atoms with van der Waals surface area (Å²) >= 11 is 3.66. The summed E-state index contributed by atoms with van der Waals surface area (Å²) in [6.07, 6.45) is 7.68. The van der Waals surface area contributed by atoms with Gasteiger partial charge in [0.1, 0.15) is 0 Å². The second kappa shape index (κ2) is 3.89. The third-order valence-electron chi connectivity index (χ3n) is 4.77. The van der Waals surface area contributed by atoms with Gasteiger partial charge >= 0.3 is 0 Å². The monoisotopic (exact) mass is 323 g/mol. The number of rotatable bonds is 1. The third kappa shape index (κ3) is 1.73. The van der Waals surface area contributed by atoms with Crippen LogP contribution >= 0.6 is 15.9 Å². The zero-order chi connectivity index (χ0) is 13.1. The molecule has 2 N–H and O–H groups in total. The summed E-state index contributed by atoms with van der Waals surface area (Å²) < 4.78 is 13.1. The molecule has 1 aromatic rings. The maximum atomic E-state index is 6.56. The number of ether oxygens (including phenoxy) is 2. The van der Waals surface area contributed by atoms with Crippen molar-refractivity contribution in [3.63, 3.8) is 0 Å². The fourth-order valence-electron chi connectivity index (χ4n) is 3.44. The van der Waals surface area contributed by atoms with E-state index >= 15 is 0 Å². The average molecular weight is 324 g/mol. The van der Waals surface area contributed by atoms with E-state index in [1.807, 2.05) is 6.07 Å². The lowest BCUT2D eigenvalue weighted by atomic mass is 9.89. The highest BCUT2D eigenvalue weighted by atomic mass is 79.9. The Morgan fingerprint density at radius 1 is 0.947 bits per heavy atom. The highest BCUT2D eigenvalue weighted by Gasteiger charge is 2.48. The van der Waals surface area contributed by atoms with E-state index in [9.17, 15) is 0 Å². The molecule has 0 aromatic heterocycles. The molecule has 4 rings (SSSR count). The molecule has 0 atom stereocenters. The van der Waals surface area contributed by atoms with Crippen LogP contribution in [0.2, 0.25) is 0 Å². The molecule has 2 saturated carbocycles. The minimum atomic E-state index is -0.363. The van der Waals surface area contributed by atoms with Crippen molar-refractivity contribution >= 4 is 15.9 Å². The Labute approximate surface area is 121 Å². The Hall–Kier alpha value is -0.740. The summed E-state index contributed by atoms with van der Waals surface area (Å²) in [6, 6.07) is 4.13. The van der Waals surface area contributed by atoms with Crippen molar-refractivity contribution in [2.75, 3.05) is 0 Å². The summed E-state index contributed by atoms with van der Waals surface area (Å²) in [5.41, 5.74) is 7.53. The van der Waals surface area contributed by atoms with E-state index in [1.165, 1.54) is 24.8 Å². The van der Waals surface area contributed by atoms with E-state index in [0.29, 0.717) is 0 Å². The van der Waals surface area contributed by atoms with Crippen LogP contribution in [0.25, 0.3) is 0 Å². The van der Waals surface area contributed by atoms with E-state index in [4.69, 9.17) is 15.2 Å². The zero-order valence-corrected chi connectivity index (χ0v) is 12.5. The van der Waals surface area contributed by atoms with Gasteiger partial charge in [0.15, 0.2) is 11.5 Å². The van der Waals surface area contributed by atoms with Crippen LogP contribution in [0.1, 0.15) is 50.5 Å². The van der Waals surface area contributed by atoms with Gasteiger partial charge in [-0.25, -0.2) is 0 Å². The molecule has 1 spiro atoms. The van der Waals surface area contributed by atoms with E-state index < -0.39 is 0 Å². The first kappa shape index (κ1) is 12.0. The van der Waals surface area contributed by atoms with Crippen molar-refractivity contribution in [2.24, 2.45) is 5.73 Å². The fraction of sp³-hybridized carbons (Fsp3) is 0.600. The van der Waals surface area contributed by atoms with Gasteiger partial charge in [-0.3, -0.25) is 0 Å². The average Bonchev–Trinajstić information content (AvgIpc) is 2.91. The Morgan fingerprint density at radius 3 is 2.16 bits per heavy atom. The molecule has 2 fully saturated rings. The molecule has 102 valence electrons. The van der Waals surface area contributed by atoms with Gasteiger partial charge in [-0.05, 0) is 37.0 Å². The van der Waals surface area contributed by atoms with E-state index in [-0.39, 0.29) is 11.3 Å². The van der Waals surface area contributed by atoms with Gasteiger partial charge < -0.3 is 15.2 Å². The van der Waals surface area contributed by atoms with Crippen molar-refractivity contribution in [1.29, 1.82) is 0 Å². The molecule has 1 heterocycles. The summed E-state index contributed by atoms with van der Waals surface area (Å²) in [5, 5.41) is 0. The molecule has 0 bridgehead atoms. The first-order valence-corrected chi connectivity index (χ1v) is 7.91. The van der Waals surface area contributed by atoms with Crippen LogP contribution in [-0.2, 0) is 5.54 Å². The van der Waals surface area contributed by atoms with Gasteiger partial charge in [-0.1, -0.05) is 28.8 Å². The van der Waals surface area contributed by atoms with Crippen LogP contribution in [0.3, 0.4) is 0 Å². The topological polar surface area (TPSA) is 44.5 Å². The highest BCUT2D eigenvalue weighted by Crippen LogP contribution is 2.51. The SMILES string of the molecule is NC1(c2cc3c(cc2Br)OC2(CCC2)O3)CCCC1. The normalized spacial score (nSPS) is 25.6. The van der Waals surface area contributed by atoms with Gasteiger partial charge in [0.2, 0.25) is 0 Å². The summed E-state index contributed by atoms with van der Waals surface area (Å²) in [6.45, 7) is 0. The fourth-order valence-corrected chi connectivity index (χ4v) is 4.16. The smallest absolute Gasteiger partial charge is 0.251 e. The lowest BCUT2D eigenvalue weighted by Gasteiger charge is -2.35. The number of hydrogen-bond acceptors (Lipinski definition) is 3. The van der Waals surface area contributed by atoms with Crippen LogP contribution in [0.15, 0.2) is 16.6 Å². The van der Waals surface area contributed by atoms with Crippen molar-refractivity contribution in [1.82, 2.24) is 0 Å². The Morgan fingerprint density at radius 2 is 1.58 bits per heavy atom. The second-order valence-electron chi connectivity index (χ2n) is 6.11. The van der Waals surface area contributed by atoms with Crippen molar-refractivity contribution in [3.8, 4) is 11.5 Å².